The lowest BCUT2D eigenvalue weighted by Crippen LogP contribution is -2.23. The molecule has 0 fully saturated rings. The van der Waals surface area contributed by atoms with Crippen molar-refractivity contribution in [2.75, 3.05) is 6.67 Å². The van der Waals surface area contributed by atoms with Crippen LogP contribution in [0.4, 0.5) is 0 Å². The first-order valence-corrected chi connectivity index (χ1v) is 13.6. The van der Waals surface area contributed by atoms with Crippen LogP contribution >= 0.6 is 0 Å². The Hall–Kier alpha value is -4.89. The van der Waals surface area contributed by atoms with Gasteiger partial charge >= 0.3 is 0 Å². The summed E-state index contributed by atoms with van der Waals surface area (Å²) < 4.78 is 2.33. The lowest BCUT2D eigenvalue weighted by atomic mass is 10.0. The molecule has 5 rings (SSSR count). The van der Waals surface area contributed by atoms with Gasteiger partial charge in [0, 0.05) is 46.4 Å². The Morgan fingerprint density at radius 2 is 1.70 bits per heavy atom. The van der Waals surface area contributed by atoms with E-state index in [4.69, 9.17) is 0 Å². The third-order valence-electron chi connectivity index (χ3n) is 7.34. The maximum Gasteiger partial charge on any atom is 0.110 e. The van der Waals surface area contributed by atoms with Gasteiger partial charge in [-0.3, -0.25) is 4.99 Å². The molecule has 3 nitrogen and oxygen atoms in total. The molecule has 3 aromatic carbocycles. The van der Waals surface area contributed by atoms with Crippen LogP contribution < -0.4 is 0 Å². The smallest absolute Gasteiger partial charge is 0.110 e. The third-order valence-corrected chi connectivity index (χ3v) is 7.34. The molecule has 1 aromatic heterocycles. The maximum absolute atomic E-state index is 4.63. The molecule has 0 saturated heterocycles. The summed E-state index contributed by atoms with van der Waals surface area (Å²) in [5.41, 5.74) is 11.2. The standard InChI is InChI=1S/C37H35N3/c1-6-14-36-33(7-2)27(4)15-13-22-38-26-39(36)25-29-16-11-17-30(23-29)31-18-12-19-32(24-31)40-28(5)34(8-3)35-20-9-10-21-37(35)40/h6-24H,2-4,25-26H2,1,5H3/b14-6-,15-13-,36-33-,38-22-. The first kappa shape index (κ1) is 26.7. The predicted molar refractivity (Wildman–Crippen MR) is 173 cm³/mol. The summed E-state index contributed by atoms with van der Waals surface area (Å²) in [4.78, 5) is 6.90. The van der Waals surface area contributed by atoms with Gasteiger partial charge in [0.05, 0.1) is 5.52 Å². The first-order chi connectivity index (χ1) is 19.5. The fourth-order valence-corrected chi connectivity index (χ4v) is 5.47. The van der Waals surface area contributed by atoms with Crippen LogP contribution in [0.15, 0.2) is 145 Å². The zero-order valence-electron chi connectivity index (χ0n) is 23.3. The van der Waals surface area contributed by atoms with Gasteiger partial charge in [0.15, 0.2) is 0 Å². The van der Waals surface area contributed by atoms with Gasteiger partial charge in [-0.2, -0.15) is 0 Å². The monoisotopic (exact) mass is 521 g/mol. The third kappa shape index (κ3) is 5.19. The summed E-state index contributed by atoms with van der Waals surface area (Å²) in [6.45, 7) is 17.8. The summed E-state index contributed by atoms with van der Waals surface area (Å²) in [7, 11) is 0. The van der Waals surface area contributed by atoms with Crippen molar-refractivity contribution < 1.29 is 0 Å². The van der Waals surface area contributed by atoms with Gasteiger partial charge < -0.3 is 9.47 Å². The van der Waals surface area contributed by atoms with E-state index in [1.807, 2.05) is 37.4 Å². The Morgan fingerprint density at radius 1 is 0.925 bits per heavy atom. The topological polar surface area (TPSA) is 20.5 Å². The van der Waals surface area contributed by atoms with Crippen LogP contribution in [-0.2, 0) is 6.54 Å². The van der Waals surface area contributed by atoms with Crippen molar-refractivity contribution in [2.45, 2.75) is 20.4 Å². The Kier molecular flexibility index (Phi) is 7.93. The molecular weight excluding hydrogens is 486 g/mol. The molecule has 0 bridgehead atoms. The molecule has 0 spiro atoms. The summed E-state index contributed by atoms with van der Waals surface area (Å²) in [5.74, 6) is 0. The molecule has 4 aromatic rings. The summed E-state index contributed by atoms with van der Waals surface area (Å²) in [5, 5.41) is 1.22. The number of rotatable bonds is 7. The lowest BCUT2D eigenvalue weighted by molar-refractivity contribution is 0.358. The van der Waals surface area contributed by atoms with Gasteiger partial charge in [0.25, 0.3) is 0 Å². The molecule has 0 unspecified atom stereocenters. The van der Waals surface area contributed by atoms with Gasteiger partial charge in [0.1, 0.15) is 6.67 Å². The fraction of sp³-hybridized carbons (Fsp3) is 0.108. The highest BCUT2D eigenvalue weighted by atomic mass is 15.2. The second kappa shape index (κ2) is 11.9. The lowest BCUT2D eigenvalue weighted by Gasteiger charge is -2.26. The zero-order valence-corrected chi connectivity index (χ0v) is 23.3. The summed E-state index contributed by atoms with van der Waals surface area (Å²) in [6.07, 6.45) is 13.8. The average Bonchev–Trinajstić information content (AvgIpc) is 3.29. The minimum Gasteiger partial charge on any atom is -0.347 e. The van der Waals surface area contributed by atoms with Gasteiger partial charge in [-0.1, -0.05) is 92.6 Å². The van der Waals surface area contributed by atoms with Gasteiger partial charge in [0.2, 0.25) is 0 Å². The molecular formula is C37H35N3. The van der Waals surface area contributed by atoms with Crippen LogP contribution in [-0.4, -0.2) is 22.4 Å². The number of para-hydroxylation sites is 1. The van der Waals surface area contributed by atoms with E-state index in [1.165, 1.54) is 38.9 Å². The van der Waals surface area contributed by atoms with E-state index in [2.05, 4.69) is 126 Å². The van der Waals surface area contributed by atoms with E-state index in [0.29, 0.717) is 13.2 Å². The van der Waals surface area contributed by atoms with Crippen LogP contribution in [0.5, 0.6) is 0 Å². The Balaban J connectivity index is 1.53. The minimum absolute atomic E-state index is 0.542. The quantitative estimate of drug-likeness (QED) is 0.237. The summed E-state index contributed by atoms with van der Waals surface area (Å²) >= 11 is 0. The van der Waals surface area contributed by atoms with Crippen LogP contribution in [0, 0.1) is 6.92 Å². The molecule has 0 N–H and O–H groups in total. The molecule has 0 saturated carbocycles. The van der Waals surface area contributed by atoms with Crippen molar-refractivity contribution in [2.24, 2.45) is 4.99 Å². The fourth-order valence-electron chi connectivity index (χ4n) is 5.47. The number of nitrogens with zero attached hydrogens (tertiary/aromatic N) is 3. The van der Waals surface area contributed by atoms with Gasteiger partial charge in [-0.15, -0.1) is 0 Å². The molecule has 1 aliphatic heterocycles. The Bertz CT molecular complexity index is 1720. The van der Waals surface area contributed by atoms with E-state index in [9.17, 15) is 0 Å². The van der Waals surface area contributed by atoms with E-state index >= 15 is 0 Å². The number of hydrogen-bond donors (Lipinski definition) is 0. The average molecular weight is 522 g/mol. The van der Waals surface area contributed by atoms with Crippen molar-refractivity contribution in [3.63, 3.8) is 0 Å². The number of allylic oxidation sites excluding steroid dienone is 7. The van der Waals surface area contributed by atoms with Gasteiger partial charge in [-0.05, 0) is 72.5 Å². The molecule has 40 heavy (non-hydrogen) atoms. The number of benzene rings is 3. The molecule has 198 valence electrons. The molecule has 2 heterocycles. The number of aromatic nitrogens is 1. The number of hydrogen-bond acceptors (Lipinski definition) is 2. The maximum atomic E-state index is 4.63. The Morgan fingerprint density at radius 3 is 2.48 bits per heavy atom. The summed E-state index contributed by atoms with van der Waals surface area (Å²) in [6, 6.07) is 26.0. The molecule has 0 atom stereocenters. The second-order valence-electron chi connectivity index (χ2n) is 9.86. The highest BCUT2D eigenvalue weighted by Crippen LogP contribution is 2.32. The van der Waals surface area contributed by atoms with Crippen molar-refractivity contribution in [3.05, 3.63) is 157 Å². The van der Waals surface area contributed by atoms with Crippen LogP contribution in [0.1, 0.15) is 23.7 Å². The largest absolute Gasteiger partial charge is 0.347 e. The van der Waals surface area contributed by atoms with Crippen molar-refractivity contribution in [1.29, 1.82) is 0 Å². The molecule has 3 heteroatoms. The highest BCUT2D eigenvalue weighted by Gasteiger charge is 2.16. The number of aliphatic imine (C=N–C) groups is 1. The van der Waals surface area contributed by atoms with Crippen LogP contribution in [0.25, 0.3) is 33.8 Å². The normalized spacial score (nSPS) is 17.4. The van der Waals surface area contributed by atoms with Crippen molar-refractivity contribution >= 4 is 23.2 Å². The van der Waals surface area contributed by atoms with Crippen LogP contribution in [0.2, 0.25) is 0 Å². The predicted octanol–water partition coefficient (Wildman–Crippen LogP) is 9.22. The Labute approximate surface area is 237 Å². The van der Waals surface area contributed by atoms with E-state index < -0.39 is 0 Å². The molecule has 0 aliphatic carbocycles. The number of fused-ring (bicyclic) bond motifs is 1. The second-order valence-corrected chi connectivity index (χ2v) is 9.86. The van der Waals surface area contributed by atoms with Gasteiger partial charge in [-0.25, -0.2) is 0 Å². The zero-order chi connectivity index (χ0) is 28.1. The van der Waals surface area contributed by atoms with Crippen molar-refractivity contribution in [3.8, 4) is 16.8 Å². The highest BCUT2D eigenvalue weighted by molar-refractivity contribution is 5.92. The molecule has 1 aliphatic rings. The first-order valence-electron chi connectivity index (χ1n) is 13.6. The van der Waals surface area contributed by atoms with E-state index in [1.54, 1.807) is 0 Å². The van der Waals surface area contributed by atoms with Crippen LogP contribution in [0.3, 0.4) is 0 Å². The molecule has 0 amide bonds. The van der Waals surface area contributed by atoms with E-state index in [-0.39, 0.29) is 0 Å². The SMILES string of the molecule is C=C/C1=C(\C=C/C)N(Cc2cccc(-c3cccc(-n4c(C)c(C=C)c5ccccc54)c3)c2)C/N=C\C=C/C1=C. The van der Waals surface area contributed by atoms with E-state index in [0.717, 1.165) is 22.5 Å². The van der Waals surface area contributed by atoms with Crippen molar-refractivity contribution in [1.82, 2.24) is 9.47 Å². The molecule has 0 radical (unpaired) electrons. The minimum atomic E-state index is 0.542.